The van der Waals surface area contributed by atoms with Gasteiger partial charge in [0.2, 0.25) is 5.55 Å². The number of methoxy groups -OCH3 is 1. The number of hydrogen-bond acceptors (Lipinski definition) is 5. The van der Waals surface area contributed by atoms with Crippen molar-refractivity contribution in [2.24, 2.45) is 0 Å². The third-order valence-electron chi connectivity index (χ3n) is 3.56. The van der Waals surface area contributed by atoms with E-state index in [1.54, 1.807) is 44.4 Å². The molecule has 0 fully saturated rings. The number of nitrogens with one attached hydrogen (secondary N) is 2. The third kappa shape index (κ3) is 2.38. The molecule has 6 heteroatoms. The van der Waals surface area contributed by atoms with Gasteiger partial charge in [0.25, 0.3) is 5.56 Å². The Bertz CT molecular complexity index is 1050. The minimum absolute atomic E-state index is 0.0250. The summed E-state index contributed by atoms with van der Waals surface area (Å²) in [6.45, 7) is 1.73. The zero-order valence-electron chi connectivity index (χ0n) is 12.6. The zero-order chi connectivity index (χ0) is 16.6. The van der Waals surface area contributed by atoms with Crippen molar-refractivity contribution < 1.29 is 9.15 Å². The van der Waals surface area contributed by atoms with Gasteiger partial charge in [0, 0.05) is 17.3 Å². The summed E-state index contributed by atoms with van der Waals surface area (Å²) in [5, 5.41) is 17.6. The van der Waals surface area contributed by atoms with Crippen molar-refractivity contribution in [2.45, 2.75) is 6.92 Å². The number of H-pyrrole nitrogens is 1. The molecule has 3 rings (SSSR count). The molecule has 114 valence electrons. The number of aryl methyl sites for hydroxylation is 1. The number of aromatic nitrogens is 1. The molecule has 3 aromatic rings. The van der Waals surface area contributed by atoms with Gasteiger partial charge in [-0.2, -0.15) is 5.26 Å². The SMILES string of the molecule is COc1ccc(-c2c(C#N)c(=N)oc3cc(C)[nH]c(=O)c23)cc1. The second kappa shape index (κ2) is 5.46. The molecule has 0 spiro atoms. The van der Waals surface area contributed by atoms with Crippen molar-refractivity contribution >= 4 is 11.0 Å². The number of benzene rings is 1. The van der Waals surface area contributed by atoms with Crippen molar-refractivity contribution in [1.29, 1.82) is 10.7 Å². The Morgan fingerprint density at radius 2 is 2.00 bits per heavy atom. The first-order chi connectivity index (χ1) is 11.0. The van der Waals surface area contributed by atoms with Crippen LogP contribution in [0.3, 0.4) is 0 Å². The minimum atomic E-state index is -0.355. The van der Waals surface area contributed by atoms with E-state index in [4.69, 9.17) is 14.6 Å². The van der Waals surface area contributed by atoms with Gasteiger partial charge in [0.1, 0.15) is 23.0 Å². The van der Waals surface area contributed by atoms with Gasteiger partial charge in [-0.05, 0) is 24.6 Å². The average molecular weight is 307 g/mol. The maximum atomic E-state index is 12.4. The van der Waals surface area contributed by atoms with Crippen molar-refractivity contribution in [2.75, 3.05) is 7.11 Å². The van der Waals surface area contributed by atoms with E-state index < -0.39 is 0 Å². The van der Waals surface area contributed by atoms with Crippen LogP contribution < -0.4 is 15.9 Å². The summed E-state index contributed by atoms with van der Waals surface area (Å²) in [7, 11) is 1.56. The van der Waals surface area contributed by atoms with Gasteiger partial charge >= 0.3 is 0 Å². The maximum absolute atomic E-state index is 12.4. The second-order valence-corrected chi connectivity index (χ2v) is 5.04. The van der Waals surface area contributed by atoms with Crippen molar-refractivity contribution in [3.63, 3.8) is 0 Å². The van der Waals surface area contributed by atoms with E-state index in [1.807, 2.05) is 6.07 Å². The van der Waals surface area contributed by atoms with Crippen LogP contribution in [0, 0.1) is 23.7 Å². The van der Waals surface area contributed by atoms with Crippen LogP contribution in [0.4, 0.5) is 0 Å². The van der Waals surface area contributed by atoms with Gasteiger partial charge < -0.3 is 14.1 Å². The number of nitriles is 1. The topological polar surface area (TPSA) is 103 Å². The van der Waals surface area contributed by atoms with Gasteiger partial charge in [-0.25, -0.2) is 0 Å². The molecule has 2 N–H and O–H groups in total. The Kier molecular flexibility index (Phi) is 3.47. The second-order valence-electron chi connectivity index (χ2n) is 5.04. The molecule has 0 aliphatic rings. The highest BCUT2D eigenvalue weighted by Gasteiger charge is 2.17. The van der Waals surface area contributed by atoms with Crippen LogP contribution >= 0.6 is 0 Å². The van der Waals surface area contributed by atoms with Crippen LogP contribution in [0.2, 0.25) is 0 Å². The van der Waals surface area contributed by atoms with E-state index in [-0.39, 0.29) is 27.6 Å². The molecule has 0 saturated carbocycles. The highest BCUT2D eigenvalue weighted by molar-refractivity contribution is 5.95. The highest BCUT2D eigenvalue weighted by Crippen LogP contribution is 2.29. The van der Waals surface area contributed by atoms with Crippen LogP contribution in [0.25, 0.3) is 22.1 Å². The molecule has 23 heavy (non-hydrogen) atoms. The van der Waals surface area contributed by atoms with E-state index in [0.29, 0.717) is 22.6 Å². The van der Waals surface area contributed by atoms with Gasteiger partial charge in [-0.15, -0.1) is 0 Å². The largest absolute Gasteiger partial charge is 0.497 e. The third-order valence-corrected chi connectivity index (χ3v) is 3.56. The summed E-state index contributed by atoms with van der Waals surface area (Å²) in [4.78, 5) is 15.1. The predicted octanol–water partition coefficient (Wildman–Crippen LogP) is 2.46. The summed E-state index contributed by atoms with van der Waals surface area (Å²) in [5.41, 5.74) is 1.34. The number of fused-ring (bicyclic) bond motifs is 1. The first-order valence-corrected chi connectivity index (χ1v) is 6.85. The number of hydrogen-bond donors (Lipinski definition) is 2. The van der Waals surface area contributed by atoms with E-state index in [0.717, 1.165) is 0 Å². The molecule has 0 amide bonds. The monoisotopic (exact) mass is 307 g/mol. The van der Waals surface area contributed by atoms with Gasteiger partial charge in [0.15, 0.2) is 0 Å². The lowest BCUT2D eigenvalue weighted by Crippen LogP contribution is -2.14. The summed E-state index contributed by atoms with van der Waals surface area (Å²) in [6, 6.07) is 10.6. The summed E-state index contributed by atoms with van der Waals surface area (Å²) < 4.78 is 10.5. The number of pyridine rings is 1. The lowest BCUT2D eigenvalue weighted by molar-refractivity contribution is 0.415. The van der Waals surface area contributed by atoms with Crippen molar-refractivity contribution in [3.8, 4) is 22.9 Å². The average Bonchev–Trinajstić information content (AvgIpc) is 2.53. The summed E-state index contributed by atoms with van der Waals surface area (Å²) in [6.07, 6.45) is 0. The van der Waals surface area contributed by atoms with Crippen molar-refractivity contribution in [1.82, 2.24) is 4.98 Å². The fraction of sp³-hybridized carbons (Fsp3) is 0.118. The van der Waals surface area contributed by atoms with Crippen LogP contribution in [-0.4, -0.2) is 12.1 Å². The number of ether oxygens (including phenoxy) is 1. The molecular formula is C17H13N3O3. The number of aromatic amines is 1. The quantitative estimate of drug-likeness (QED) is 0.759. The molecule has 0 aliphatic carbocycles. The lowest BCUT2D eigenvalue weighted by Gasteiger charge is -2.09. The Morgan fingerprint density at radius 1 is 1.30 bits per heavy atom. The van der Waals surface area contributed by atoms with E-state index >= 15 is 0 Å². The van der Waals surface area contributed by atoms with Gasteiger partial charge in [-0.1, -0.05) is 12.1 Å². The number of rotatable bonds is 2. The molecular weight excluding hydrogens is 294 g/mol. The van der Waals surface area contributed by atoms with E-state index in [1.165, 1.54) is 0 Å². The minimum Gasteiger partial charge on any atom is -0.497 e. The highest BCUT2D eigenvalue weighted by atomic mass is 16.5. The molecule has 6 nitrogen and oxygen atoms in total. The van der Waals surface area contributed by atoms with Gasteiger partial charge in [-0.3, -0.25) is 10.2 Å². The van der Waals surface area contributed by atoms with Crippen LogP contribution in [-0.2, 0) is 0 Å². The lowest BCUT2D eigenvalue weighted by atomic mass is 9.98. The fourth-order valence-corrected chi connectivity index (χ4v) is 2.53. The summed E-state index contributed by atoms with van der Waals surface area (Å²) in [5.74, 6) is 0.660. The van der Waals surface area contributed by atoms with Crippen LogP contribution in [0.15, 0.2) is 39.5 Å². The molecule has 0 bridgehead atoms. The molecule has 2 heterocycles. The molecule has 0 radical (unpaired) electrons. The van der Waals surface area contributed by atoms with E-state index in [2.05, 4.69) is 4.98 Å². The van der Waals surface area contributed by atoms with E-state index in [9.17, 15) is 10.1 Å². The normalized spacial score (nSPS) is 10.5. The zero-order valence-corrected chi connectivity index (χ0v) is 12.6. The number of nitrogens with zero attached hydrogens (tertiary/aromatic N) is 1. The Balaban J connectivity index is 2.48. The Labute approximate surface area is 131 Å². The molecule has 2 aromatic heterocycles. The fourth-order valence-electron chi connectivity index (χ4n) is 2.53. The molecule has 0 aliphatic heterocycles. The van der Waals surface area contributed by atoms with Crippen molar-refractivity contribution in [3.05, 3.63) is 57.5 Å². The van der Waals surface area contributed by atoms with Gasteiger partial charge in [0.05, 0.1) is 12.5 Å². The Morgan fingerprint density at radius 3 is 2.61 bits per heavy atom. The molecule has 0 atom stereocenters. The Hall–Kier alpha value is -3.33. The molecule has 1 aromatic carbocycles. The smallest absolute Gasteiger partial charge is 0.259 e. The molecule has 0 saturated heterocycles. The van der Waals surface area contributed by atoms with Crippen LogP contribution in [0.1, 0.15) is 11.3 Å². The first kappa shape index (κ1) is 14.6. The maximum Gasteiger partial charge on any atom is 0.259 e. The van der Waals surface area contributed by atoms with Crippen LogP contribution in [0.5, 0.6) is 5.75 Å². The predicted molar refractivity (Wildman–Crippen MR) is 84.1 cm³/mol. The summed E-state index contributed by atoms with van der Waals surface area (Å²) >= 11 is 0. The molecule has 0 unspecified atom stereocenters. The first-order valence-electron chi connectivity index (χ1n) is 6.85. The standard InChI is InChI=1S/C17H13N3O3/c1-9-7-13-15(17(21)20-9)14(12(8-18)16(19)23-13)10-3-5-11(22-2)6-4-10/h3-7,19H,1-2H3,(H,20,21).